The van der Waals surface area contributed by atoms with E-state index < -0.39 is 0 Å². The predicted molar refractivity (Wildman–Crippen MR) is 222 cm³/mol. The molecule has 5 aromatic carbocycles. The molecule has 1 aliphatic heterocycles. The quantitative estimate of drug-likeness (QED) is 0.183. The van der Waals surface area contributed by atoms with E-state index in [9.17, 15) is 0 Å². The lowest BCUT2D eigenvalue weighted by Crippen LogP contribution is -2.57. The maximum atomic E-state index is 2.60. The molecule has 6 aliphatic carbocycles. The Morgan fingerprint density at radius 1 is 0.472 bits per heavy atom. The van der Waals surface area contributed by atoms with Gasteiger partial charge in [0.25, 0.3) is 0 Å². The molecule has 7 aliphatic rings. The summed E-state index contributed by atoms with van der Waals surface area (Å²) in [4.78, 5) is 5.57. The Morgan fingerprint density at radius 2 is 1.00 bits per heavy atom. The topological polar surface area (TPSA) is 3.24 Å². The van der Waals surface area contributed by atoms with Gasteiger partial charge in [-0.3, -0.25) is 0 Å². The van der Waals surface area contributed by atoms with E-state index in [1.807, 2.05) is 11.8 Å². The third-order valence-corrected chi connectivity index (χ3v) is 16.7. The number of hydrogen-bond donors (Lipinski definition) is 0. The molecule has 0 saturated heterocycles. The van der Waals surface area contributed by atoms with Crippen LogP contribution >= 0.6 is 11.8 Å². The van der Waals surface area contributed by atoms with Crippen molar-refractivity contribution in [2.24, 2.45) is 23.7 Å². The fraction of sp³-hybridized carbons (Fsp3) is 0.412. The minimum absolute atomic E-state index is 0.0588. The summed E-state index contributed by atoms with van der Waals surface area (Å²) >= 11 is 2.03. The second-order valence-corrected chi connectivity index (χ2v) is 20.8. The van der Waals surface area contributed by atoms with Gasteiger partial charge in [-0.1, -0.05) is 114 Å². The monoisotopic (exact) mass is 711 g/mol. The molecule has 1 spiro atoms. The fourth-order valence-corrected chi connectivity index (χ4v) is 14.3. The fourth-order valence-electron chi connectivity index (χ4n) is 13.0. The van der Waals surface area contributed by atoms with E-state index >= 15 is 0 Å². The van der Waals surface area contributed by atoms with Crippen molar-refractivity contribution in [1.82, 2.24) is 0 Å². The number of hydrogen-bond acceptors (Lipinski definition) is 2. The molecule has 268 valence electrons. The molecule has 53 heavy (non-hydrogen) atoms. The maximum Gasteiger partial charge on any atom is 0.0473 e. The van der Waals surface area contributed by atoms with Crippen molar-refractivity contribution < 1.29 is 0 Å². The molecule has 0 unspecified atom stereocenters. The summed E-state index contributed by atoms with van der Waals surface area (Å²) in [5.41, 5.74) is 16.1. The van der Waals surface area contributed by atoms with Crippen LogP contribution < -0.4 is 4.90 Å². The molecule has 4 fully saturated rings. The Morgan fingerprint density at radius 3 is 1.72 bits per heavy atom. The second kappa shape index (κ2) is 10.9. The lowest BCUT2D eigenvalue weighted by Gasteiger charge is -2.63. The molecular formula is C51H53NS. The molecule has 1 heterocycles. The molecule has 0 N–H and O–H groups in total. The summed E-state index contributed by atoms with van der Waals surface area (Å²) in [6.07, 6.45) is 9.56. The molecule has 0 radical (unpaired) electrons. The summed E-state index contributed by atoms with van der Waals surface area (Å²) < 4.78 is 0. The first-order valence-corrected chi connectivity index (χ1v) is 21.4. The summed E-state index contributed by atoms with van der Waals surface area (Å²) in [5.74, 6) is 3.40. The van der Waals surface area contributed by atoms with Gasteiger partial charge in [-0.25, -0.2) is 0 Å². The molecule has 4 bridgehead atoms. The summed E-state index contributed by atoms with van der Waals surface area (Å²) in [5, 5.41) is 0. The third kappa shape index (κ3) is 4.45. The van der Waals surface area contributed by atoms with Gasteiger partial charge in [0.15, 0.2) is 0 Å². The van der Waals surface area contributed by atoms with Crippen molar-refractivity contribution in [3.8, 4) is 11.1 Å². The average Bonchev–Trinajstić information content (AvgIpc) is 3.37. The van der Waals surface area contributed by atoms with Crippen LogP contribution in [-0.4, -0.2) is 0 Å². The van der Waals surface area contributed by atoms with Crippen LogP contribution in [0, 0.1) is 23.7 Å². The Bertz CT molecular complexity index is 2310. The van der Waals surface area contributed by atoms with E-state index in [2.05, 4.69) is 150 Å². The van der Waals surface area contributed by atoms with Crippen molar-refractivity contribution >= 4 is 28.8 Å². The van der Waals surface area contributed by atoms with E-state index in [4.69, 9.17) is 0 Å². The van der Waals surface area contributed by atoms with Gasteiger partial charge in [-0.2, -0.15) is 0 Å². The smallest absolute Gasteiger partial charge is 0.0473 e. The zero-order valence-electron chi connectivity index (χ0n) is 32.4. The van der Waals surface area contributed by atoms with Gasteiger partial charge in [0, 0.05) is 37.7 Å². The Hall–Kier alpha value is -3.75. The minimum atomic E-state index is -0.0588. The van der Waals surface area contributed by atoms with Gasteiger partial charge in [0.05, 0.1) is 0 Å². The molecule has 0 aromatic heterocycles. The molecule has 4 saturated carbocycles. The van der Waals surface area contributed by atoms with Crippen LogP contribution in [0.25, 0.3) is 11.1 Å². The van der Waals surface area contributed by atoms with Crippen molar-refractivity contribution in [2.75, 3.05) is 4.90 Å². The summed E-state index contributed by atoms with van der Waals surface area (Å²) in [6, 6.07) is 41.0. The van der Waals surface area contributed by atoms with E-state index in [-0.39, 0.29) is 21.7 Å². The highest BCUT2D eigenvalue weighted by Gasteiger charge is 2.60. The second-order valence-electron chi connectivity index (χ2n) is 19.7. The molecule has 12 rings (SSSR count). The molecule has 0 amide bonds. The van der Waals surface area contributed by atoms with E-state index in [0.717, 1.165) is 23.7 Å². The van der Waals surface area contributed by atoms with Gasteiger partial charge in [0.2, 0.25) is 0 Å². The van der Waals surface area contributed by atoms with Crippen molar-refractivity contribution in [3.63, 3.8) is 0 Å². The maximum absolute atomic E-state index is 2.60. The van der Waals surface area contributed by atoms with Crippen molar-refractivity contribution in [3.05, 3.63) is 137 Å². The highest BCUT2D eigenvalue weighted by molar-refractivity contribution is 7.99. The number of nitrogens with zero attached hydrogens (tertiary/aromatic N) is 1. The number of benzene rings is 5. The van der Waals surface area contributed by atoms with Crippen LogP contribution in [0.5, 0.6) is 0 Å². The van der Waals surface area contributed by atoms with Crippen LogP contribution in [0.15, 0.2) is 113 Å². The van der Waals surface area contributed by atoms with Gasteiger partial charge in [-0.05, 0) is 166 Å². The molecular weight excluding hydrogens is 659 g/mol. The number of anilines is 3. The predicted octanol–water partition coefficient (Wildman–Crippen LogP) is 14.0. The summed E-state index contributed by atoms with van der Waals surface area (Å²) in [7, 11) is 0. The van der Waals surface area contributed by atoms with Crippen LogP contribution in [-0.2, 0) is 21.7 Å². The molecule has 0 atom stereocenters. The van der Waals surface area contributed by atoms with Gasteiger partial charge < -0.3 is 4.90 Å². The lowest BCUT2D eigenvalue weighted by molar-refractivity contribution is -0.0443. The van der Waals surface area contributed by atoms with Crippen LogP contribution in [0.1, 0.15) is 120 Å². The van der Waals surface area contributed by atoms with Crippen molar-refractivity contribution in [1.29, 1.82) is 0 Å². The zero-order chi connectivity index (χ0) is 36.1. The average molecular weight is 712 g/mol. The van der Waals surface area contributed by atoms with E-state index in [1.54, 1.807) is 11.1 Å². The molecule has 2 heteroatoms. The first-order valence-electron chi connectivity index (χ1n) is 20.6. The molecule has 1 nitrogen and oxygen atoms in total. The zero-order valence-corrected chi connectivity index (χ0v) is 33.2. The minimum Gasteiger partial charge on any atom is -0.310 e. The van der Waals surface area contributed by atoms with Crippen LogP contribution in [0.4, 0.5) is 17.1 Å². The van der Waals surface area contributed by atoms with Crippen LogP contribution in [0.3, 0.4) is 0 Å². The Balaban J connectivity index is 1.11. The Kier molecular flexibility index (Phi) is 6.74. The van der Waals surface area contributed by atoms with Gasteiger partial charge >= 0.3 is 0 Å². The van der Waals surface area contributed by atoms with Crippen LogP contribution in [0.2, 0.25) is 0 Å². The highest BCUT2D eigenvalue weighted by atomic mass is 32.2. The van der Waals surface area contributed by atoms with Crippen molar-refractivity contribution in [2.45, 2.75) is 118 Å². The van der Waals surface area contributed by atoms with E-state index in [1.165, 1.54) is 105 Å². The highest BCUT2D eigenvalue weighted by Crippen LogP contribution is 2.69. The van der Waals surface area contributed by atoms with Gasteiger partial charge in [0.1, 0.15) is 0 Å². The standard InChI is InChI=1S/C51H53NS/c1-48(2)21-22-49(3,4)45-29-36(16-19-41(45)48)52(35-15-18-39-38-11-7-8-12-40(38)50(5,6)44(39)28-35)37-17-20-43-47(30-37)53-46-14-10-9-13-42(46)51(43)33-24-31-23-32(26-33)27-34(51)25-31/h7-20,28-34H,21-27H2,1-6H3. The first kappa shape index (κ1) is 32.7. The normalized spacial score (nSPS) is 28.5. The first-order chi connectivity index (χ1) is 25.4. The number of fused-ring (bicyclic) bond motifs is 6. The summed E-state index contributed by atoms with van der Waals surface area (Å²) in [6.45, 7) is 14.6. The third-order valence-electron chi connectivity index (χ3n) is 15.6. The lowest BCUT2D eigenvalue weighted by atomic mass is 9.42. The SMILES string of the molecule is CC1(C)CCC(C)(C)c2cc(N(c3ccc4c(c3)Sc3ccccc3C43C4CC5CC(C4)CC3C5)c3ccc4c(c3)C(C)(C)c3ccccc3-4)ccc21. The van der Waals surface area contributed by atoms with Gasteiger partial charge in [-0.15, -0.1) is 0 Å². The van der Waals surface area contributed by atoms with E-state index in [0.29, 0.717) is 0 Å². The number of rotatable bonds is 3. The Labute approximate surface area is 321 Å². The largest absolute Gasteiger partial charge is 0.310 e. The molecule has 5 aromatic rings.